The predicted octanol–water partition coefficient (Wildman–Crippen LogP) is 6.00. The number of aryl methyl sites for hydroxylation is 1. The fraction of sp³-hybridized carbons (Fsp3) is 0.409. The van der Waals surface area contributed by atoms with Crippen LogP contribution in [0.3, 0.4) is 0 Å². The molecular formula is C44H53N7O5. The van der Waals surface area contributed by atoms with Crippen molar-refractivity contribution in [1.82, 2.24) is 14.5 Å². The summed E-state index contributed by atoms with van der Waals surface area (Å²) in [6, 6.07) is 18.0. The topological polar surface area (TPSA) is 132 Å². The summed E-state index contributed by atoms with van der Waals surface area (Å²) in [5.41, 5.74) is 6.72. The van der Waals surface area contributed by atoms with E-state index in [1.807, 2.05) is 48.5 Å². The first-order valence-electron chi connectivity index (χ1n) is 19.5. The molecule has 2 fully saturated rings. The Morgan fingerprint density at radius 2 is 1.80 bits per heavy atom. The number of piperazine rings is 1. The number of hydrogen-bond donors (Lipinski definition) is 3. The fourth-order valence-electron chi connectivity index (χ4n) is 8.25. The van der Waals surface area contributed by atoms with Crippen LogP contribution in [0.5, 0.6) is 0 Å². The van der Waals surface area contributed by atoms with Gasteiger partial charge in [0.05, 0.1) is 29.4 Å². The molecule has 1 unspecified atom stereocenters. The highest BCUT2D eigenvalue weighted by Gasteiger charge is 2.32. The summed E-state index contributed by atoms with van der Waals surface area (Å²) < 4.78 is 7.04. The summed E-state index contributed by atoms with van der Waals surface area (Å²) in [4.78, 5) is 51.5. The van der Waals surface area contributed by atoms with E-state index < -0.39 is 0 Å². The predicted molar refractivity (Wildman–Crippen MR) is 222 cm³/mol. The second kappa shape index (κ2) is 16.0. The van der Waals surface area contributed by atoms with Crippen molar-refractivity contribution in [3.05, 3.63) is 106 Å². The van der Waals surface area contributed by atoms with Crippen LogP contribution in [0.1, 0.15) is 67.6 Å². The van der Waals surface area contributed by atoms with Gasteiger partial charge in [-0.1, -0.05) is 51.6 Å². The molecule has 1 atom stereocenters. The van der Waals surface area contributed by atoms with E-state index in [1.54, 1.807) is 18.1 Å². The van der Waals surface area contributed by atoms with E-state index in [0.717, 1.165) is 56.9 Å². The van der Waals surface area contributed by atoms with E-state index in [-0.39, 0.29) is 41.3 Å². The molecule has 294 valence electrons. The molecule has 0 radical (unpaired) electrons. The zero-order chi connectivity index (χ0) is 39.7. The molecule has 12 nitrogen and oxygen atoms in total. The summed E-state index contributed by atoms with van der Waals surface area (Å²) in [5, 5.41) is 17.0. The van der Waals surface area contributed by atoms with Crippen LogP contribution in [0.2, 0.25) is 0 Å². The van der Waals surface area contributed by atoms with E-state index in [9.17, 15) is 19.5 Å². The minimum absolute atomic E-state index is 0.0309. The van der Waals surface area contributed by atoms with Gasteiger partial charge in [0.2, 0.25) is 5.91 Å². The maximum atomic E-state index is 13.9. The lowest BCUT2D eigenvalue weighted by Gasteiger charge is -2.45. The molecule has 4 aromatic rings. The Hall–Kier alpha value is -5.30. The Morgan fingerprint density at radius 3 is 2.52 bits per heavy atom. The molecule has 2 saturated heterocycles. The van der Waals surface area contributed by atoms with Gasteiger partial charge in [0.1, 0.15) is 0 Å². The van der Waals surface area contributed by atoms with E-state index in [1.165, 1.54) is 16.2 Å². The number of ether oxygens (including phenoxy) is 1. The Labute approximate surface area is 328 Å². The molecule has 0 aliphatic carbocycles. The van der Waals surface area contributed by atoms with Crippen LogP contribution < -0.4 is 26.0 Å². The number of anilines is 5. The Morgan fingerprint density at radius 1 is 1.02 bits per heavy atom. The maximum Gasteiger partial charge on any atom is 0.293 e. The monoisotopic (exact) mass is 759 g/mol. The minimum Gasteiger partial charge on any atom is -0.392 e. The number of fused-ring (bicyclic) bond motifs is 1. The standard InChI is InChI=1S/C44H53N7O5/c1-7-40(53)46-36-24-31(12-14-39(36)50-20-19-49(25-28(50)2)32-16-21-56-22-17-32)45-41-43(55)48(6)26-37(47-41)34-9-8-10-38(35(34)27-52)51-18-15-29-23-30(44(3,4)5)11-13-33(29)42(51)54/h7-14,23-24,26,28,32,52H,1,15-22,25,27H2,2-6H3,(H,45,47)(H,46,53). The molecule has 0 bridgehead atoms. The van der Waals surface area contributed by atoms with Gasteiger partial charge in [-0.05, 0) is 79.1 Å². The van der Waals surface area contributed by atoms with E-state index in [0.29, 0.717) is 58.5 Å². The first-order valence-corrected chi connectivity index (χ1v) is 19.5. The number of benzene rings is 3. The molecule has 3 aliphatic heterocycles. The van der Waals surface area contributed by atoms with Gasteiger partial charge in [-0.3, -0.25) is 19.3 Å². The van der Waals surface area contributed by atoms with Crippen molar-refractivity contribution in [1.29, 1.82) is 0 Å². The highest BCUT2D eigenvalue weighted by Crippen LogP contribution is 2.37. The van der Waals surface area contributed by atoms with E-state index in [2.05, 4.69) is 60.8 Å². The second-order valence-corrected chi connectivity index (χ2v) is 16.1. The van der Waals surface area contributed by atoms with Gasteiger partial charge < -0.3 is 34.8 Å². The molecule has 0 saturated carbocycles. The molecule has 12 heteroatoms. The fourth-order valence-corrected chi connectivity index (χ4v) is 8.25. The van der Waals surface area contributed by atoms with Crippen molar-refractivity contribution in [3.63, 3.8) is 0 Å². The third-order valence-electron chi connectivity index (χ3n) is 11.4. The van der Waals surface area contributed by atoms with Crippen molar-refractivity contribution in [2.75, 3.05) is 59.8 Å². The third-order valence-corrected chi connectivity index (χ3v) is 11.4. The smallest absolute Gasteiger partial charge is 0.293 e. The number of nitrogens with zero attached hydrogens (tertiary/aromatic N) is 5. The zero-order valence-corrected chi connectivity index (χ0v) is 33.1. The lowest BCUT2D eigenvalue weighted by molar-refractivity contribution is -0.111. The van der Waals surface area contributed by atoms with Crippen LogP contribution in [0.25, 0.3) is 11.3 Å². The number of hydrogen-bond acceptors (Lipinski definition) is 9. The summed E-state index contributed by atoms with van der Waals surface area (Å²) >= 11 is 0. The third kappa shape index (κ3) is 7.86. The highest BCUT2D eigenvalue weighted by molar-refractivity contribution is 6.09. The molecule has 7 rings (SSSR count). The van der Waals surface area contributed by atoms with Crippen molar-refractivity contribution in [2.24, 2.45) is 7.05 Å². The van der Waals surface area contributed by atoms with Crippen LogP contribution in [0, 0.1) is 0 Å². The van der Waals surface area contributed by atoms with Gasteiger partial charge in [-0.15, -0.1) is 0 Å². The first kappa shape index (κ1) is 39.0. The zero-order valence-electron chi connectivity index (χ0n) is 33.1. The number of aromatic nitrogens is 2. The summed E-state index contributed by atoms with van der Waals surface area (Å²) in [7, 11) is 1.65. The van der Waals surface area contributed by atoms with E-state index >= 15 is 0 Å². The molecule has 0 spiro atoms. The number of amides is 2. The largest absolute Gasteiger partial charge is 0.392 e. The van der Waals surface area contributed by atoms with Gasteiger partial charge >= 0.3 is 0 Å². The maximum absolute atomic E-state index is 13.9. The lowest BCUT2D eigenvalue weighted by Crippen LogP contribution is -2.56. The van der Waals surface area contributed by atoms with Crippen molar-refractivity contribution >= 4 is 40.4 Å². The number of aliphatic hydroxyl groups is 1. The first-order chi connectivity index (χ1) is 26.9. The van der Waals surface area contributed by atoms with Gasteiger partial charge in [0.25, 0.3) is 11.5 Å². The normalized spacial score (nSPS) is 18.1. The molecule has 56 heavy (non-hydrogen) atoms. The summed E-state index contributed by atoms with van der Waals surface area (Å²) in [6.07, 6.45) is 5.64. The van der Waals surface area contributed by atoms with Gasteiger partial charge in [0, 0.05) is 87.1 Å². The lowest BCUT2D eigenvalue weighted by atomic mass is 9.84. The van der Waals surface area contributed by atoms with Crippen molar-refractivity contribution < 1.29 is 19.4 Å². The minimum atomic E-state index is -0.355. The van der Waals surface area contributed by atoms with Crippen LogP contribution in [0.15, 0.2) is 78.2 Å². The number of rotatable bonds is 9. The molecule has 3 aliphatic rings. The molecule has 3 N–H and O–H groups in total. The van der Waals surface area contributed by atoms with Crippen molar-refractivity contribution in [2.45, 2.75) is 71.1 Å². The Kier molecular flexibility index (Phi) is 11.2. The van der Waals surface area contributed by atoms with Gasteiger partial charge in [0.15, 0.2) is 5.82 Å². The SMILES string of the molecule is C=CC(=O)Nc1cc(Nc2nc(-c3cccc(N4CCc5cc(C(C)(C)C)ccc5C4=O)c3CO)cn(C)c2=O)ccc1N1CCN(C2CCOCC2)CC1C. The molecule has 4 heterocycles. The summed E-state index contributed by atoms with van der Waals surface area (Å²) in [5.74, 6) is -0.383. The summed E-state index contributed by atoms with van der Waals surface area (Å²) in [6.45, 7) is 16.7. The van der Waals surface area contributed by atoms with Crippen LogP contribution in [-0.4, -0.2) is 82.8 Å². The molecular weight excluding hydrogens is 707 g/mol. The molecule has 1 aromatic heterocycles. The van der Waals surface area contributed by atoms with Crippen molar-refractivity contribution in [3.8, 4) is 11.3 Å². The number of carbonyl (C=O) groups excluding carboxylic acids is 2. The number of nitrogens with one attached hydrogen (secondary N) is 2. The average Bonchev–Trinajstić information content (AvgIpc) is 3.19. The molecule has 2 amide bonds. The average molecular weight is 760 g/mol. The van der Waals surface area contributed by atoms with Gasteiger partial charge in [-0.2, -0.15) is 0 Å². The number of aliphatic hydroxyl groups excluding tert-OH is 1. The van der Waals surface area contributed by atoms with Gasteiger partial charge in [-0.25, -0.2) is 4.98 Å². The quantitative estimate of drug-likeness (QED) is 0.176. The van der Waals surface area contributed by atoms with Crippen LogP contribution in [0.4, 0.5) is 28.6 Å². The second-order valence-electron chi connectivity index (χ2n) is 16.1. The van der Waals surface area contributed by atoms with E-state index in [4.69, 9.17) is 9.72 Å². The highest BCUT2D eigenvalue weighted by atomic mass is 16.5. The van der Waals surface area contributed by atoms with Crippen LogP contribution in [-0.2, 0) is 35.0 Å². The Balaban J connectivity index is 1.17. The number of carbonyl (C=O) groups is 2. The molecule has 3 aromatic carbocycles. The Bertz CT molecular complexity index is 2200. The van der Waals surface area contributed by atoms with Crippen LogP contribution >= 0.6 is 0 Å².